The molecule has 1 aliphatic rings. The monoisotopic (exact) mass is 383 g/mol. The lowest BCUT2D eigenvalue weighted by Gasteiger charge is -2.24. The van der Waals surface area contributed by atoms with Crippen molar-refractivity contribution in [3.8, 4) is 0 Å². The SMILES string of the molecule is COC1(C)N=CNC(NC(=O)c2c(C(=O)O)ccc(C)c2S(N)(=O)=O)=N1. The molecule has 140 valence electrons. The summed E-state index contributed by atoms with van der Waals surface area (Å²) >= 11 is 0. The highest BCUT2D eigenvalue weighted by molar-refractivity contribution is 7.89. The first-order valence-electron chi connectivity index (χ1n) is 7.15. The number of hydrogen-bond donors (Lipinski definition) is 4. The number of ether oxygens (including phenoxy) is 1. The van der Waals surface area contributed by atoms with Gasteiger partial charge in [-0.25, -0.2) is 23.3 Å². The van der Waals surface area contributed by atoms with E-state index < -0.39 is 43.8 Å². The van der Waals surface area contributed by atoms with Crippen molar-refractivity contribution in [2.75, 3.05) is 7.11 Å². The van der Waals surface area contributed by atoms with Crippen LogP contribution in [-0.2, 0) is 14.8 Å². The second kappa shape index (κ2) is 6.82. The van der Waals surface area contributed by atoms with Crippen molar-refractivity contribution in [3.05, 3.63) is 28.8 Å². The highest BCUT2D eigenvalue weighted by atomic mass is 32.2. The van der Waals surface area contributed by atoms with E-state index in [4.69, 9.17) is 9.88 Å². The fraction of sp³-hybridized carbons (Fsp3) is 0.286. The van der Waals surface area contributed by atoms with E-state index in [0.29, 0.717) is 0 Å². The van der Waals surface area contributed by atoms with E-state index in [1.165, 1.54) is 33.4 Å². The third-order valence-electron chi connectivity index (χ3n) is 3.54. The Balaban J connectivity index is 2.55. The van der Waals surface area contributed by atoms with Crippen LogP contribution in [-0.4, -0.2) is 50.7 Å². The molecule has 0 bridgehead atoms. The molecule has 0 saturated carbocycles. The molecule has 0 saturated heterocycles. The van der Waals surface area contributed by atoms with Crippen LogP contribution in [0, 0.1) is 6.92 Å². The molecule has 0 aromatic heterocycles. The first-order chi connectivity index (χ1) is 12.0. The van der Waals surface area contributed by atoms with Crippen LogP contribution in [0.15, 0.2) is 27.0 Å². The van der Waals surface area contributed by atoms with Gasteiger partial charge in [0, 0.05) is 14.0 Å². The maximum atomic E-state index is 12.7. The van der Waals surface area contributed by atoms with Crippen molar-refractivity contribution < 1.29 is 27.9 Å². The molecule has 0 spiro atoms. The van der Waals surface area contributed by atoms with Crippen molar-refractivity contribution in [2.45, 2.75) is 24.6 Å². The summed E-state index contributed by atoms with van der Waals surface area (Å²) in [4.78, 5) is 31.5. The molecule has 0 radical (unpaired) electrons. The van der Waals surface area contributed by atoms with Gasteiger partial charge < -0.3 is 15.2 Å². The first kappa shape index (κ1) is 19.5. The Bertz CT molecular complexity index is 939. The van der Waals surface area contributed by atoms with Crippen LogP contribution in [0.4, 0.5) is 0 Å². The zero-order chi connectivity index (χ0) is 19.7. The predicted molar refractivity (Wildman–Crippen MR) is 91.5 cm³/mol. The number of rotatable bonds is 4. The number of carboxylic acid groups (broad SMARTS) is 1. The van der Waals surface area contributed by atoms with E-state index in [2.05, 4.69) is 20.6 Å². The van der Waals surface area contributed by atoms with Gasteiger partial charge >= 0.3 is 5.97 Å². The minimum atomic E-state index is -4.37. The number of aliphatic imine (C=N–C) groups is 2. The van der Waals surface area contributed by atoms with Gasteiger partial charge in [-0.2, -0.15) is 4.99 Å². The summed E-state index contributed by atoms with van der Waals surface area (Å²) in [5.41, 5.74) is -0.979. The lowest BCUT2D eigenvalue weighted by atomic mass is 10.0. The zero-order valence-electron chi connectivity index (χ0n) is 14.1. The van der Waals surface area contributed by atoms with Crippen LogP contribution >= 0.6 is 0 Å². The van der Waals surface area contributed by atoms with Crippen molar-refractivity contribution in [3.63, 3.8) is 0 Å². The molecule has 12 heteroatoms. The number of nitrogens with zero attached hydrogens (tertiary/aromatic N) is 2. The van der Waals surface area contributed by atoms with Crippen molar-refractivity contribution in [2.24, 2.45) is 15.1 Å². The van der Waals surface area contributed by atoms with E-state index in [-0.39, 0.29) is 11.5 Å². The molecule has 11 nitrogen and oxygen atoms in total. The summed E-state index contributed by atoms with van der Waals surface area (Å²) in [5, 5.41) is 19.3. The quantitative estimate of drug-likeness (QED) is 0.536. The molecule has 2 rings (SSSR count). The topological polar surface area (TPSA) is 173 Å². The minimum absolute atomic E-state index is 0.104. The van der Waals surface area contributed by atoms with E-state index >= 15 is 0 Å². The molecular formula is C14H17N5O6S. The van der Waals surface area contributed by atoms with E-state index in [9.17, 15) is 23.1 Å². The second-order valence-electron chi connectivity index (χ2n) is 5.44. The van der Waals surface area contributed by atoms with Crippen molar-refractivity contribution in [1.29, 1.82) is 0 Å². The summed E-state index contributed by atoms with van der Waals surface area (Å²) in [6.45, 7) is 2.91. The third kappa shape index (κ3) is 3.87. The first-order valence-corrected chi connectivity index (χ1v) is 8.69. The second-order valence-corrected chi connectivity index (χ2v) is 6.94. The number of carbonyl (C=O) groups is 2. The van der Waals surface area contributed by atoms with E-state index in [1.807, 2.05) is 0 Å². The van der Waals surface area contributed by atoms with E-state index in [0.717, 1.165) is 6.07 Å². The van der Waals surface area contributed by atoms with Crippen molar-refractivity contribution in [1.82, 2.24) is 10.6 Å². The standard InChI is InChI=1S/C14H17N5O6S/c1-7-4-5-8(12(21)22)9(10(7)26(15,23)24)11(20)18-13-16-6-17-14(2,19-13)25-3/h4-6H,1-3H3,(H,21,22)(H2,15,23,24)(H2,16,17,18,19,20). The predicted octanol–water partition coefficient (Wildman–Crippen LogP) is -0.622. The average Bonchev–Trinajstić information content (AvgIpc) is 2.53. The Morgan fingerprint density at radius 1 is 1.38 bits per heavy atom. The average molecular weight is 383 g/mol. The van der Waals surface area contributed by atoms with Gasteiger partial charge in [0.15, 0.2) is 0 Å². The number of methoxy groups -OCH3 is 1. The minimum Gasteiger partial charge on any atom is -0.478 e. The number of nitrogens with two attached hydrogens (primary N) is 1. The number of sulfonamides is 1. The molecule has 0 aliphatic carbocycles. The van der Waals surface area contributed by atoms with Crippen molar-refractivity contribution >= 4 is 34.2 Å². The Hall–Kier alpha value is -2.83. The summed E-state index contributed by atoms with van der Waals surface area (Å²) in [6, 6.07) is 2.38. The number of nitrogens with one attached hydrogen (secondary N) is 2. The molecule has 1 amide bonds. The van der Waals surface area contributed by atoms with Gasteiger partial charge in [0.2, 0.25) is 16.0 Å². The number of amides is 1. The lowest BCUT2D eigenvalue weighted by Crippen LogP contribution is -2.46. The number of hydrogen-bond acceptors (Lipinski definition) is 8. The number of guanidine groups is 1. The zero-order valence-corrected chi connectivity index (χ0v) is 14.9. The summed E-state index contributed by atoms with van der Waals surface area (Å²) in [7, 11) is -3.01. The summed E-state index contributed by atoms with van der Waals surface area (Å²) < 4.78 is 28.9. The third-order valence-corrected chi connectivity index (χ3v) is 4.63. The highest BCUT2D eigenvalue weighted by Crippen LogP contribution is 2.23. The van der Waals surface area contributed by atoms with Gasteiger partial charge in [-0.3, -0.25) is 10.1 Å². The maximum Gasteiger partial charge on any atom is 0.336 e. The van der Waals surface area contributed by atoms with Gasteiger partial charge in [-0.05, 0) is 18.6 Å². The Labute approximate surface area is 149 Å². The molecule has 1 unspecified atom stereocenters. The molecule has 1 aromatic carbocycles. The summed E-state index contributed by atoms with van der Waals surface area (Å²) in [6.07, 6.45) is 1.22. The van der Waals surface area contributed by atoms with Crippen LogP contribution in [0.3, 0.4) is 0 Å². The Kier molecular flexibility index (Phi) is 5.11. The molecule has 1 aliphatic heterocycles. The smallest absolute Gasteiger partial charge is 0.336 e. The largest absolute Gasteiger partial charge is 0.478 e. The summed E-state index contributed by atoms with van der Waals surface area (Å²) in [5.74, 6) is -3.90. The van der Waals surface area contributed by atoms with Gasteiger partial charge in [-0.15, -0.1) is 0 Å². The number of carbonyl (C=O) groups excluding carboxylic acids is 1. The normalized spacial score (nSPS) is 19.5. The van der Waals surface area contributed by atoms with Gasteiger partial charge in [0.25, 0.3) is 11.8 Å². The molecule has 0 fully saturated rings. The molecule has 26 heavy (non-hydrogen) atoms. The molecule has 1 aromatic rings. The molecule has 1 atom stereocenters. The number of primary sulfonamides is 1. The molecular weight excluding hydrogens is 366 g/mol. The maximum absolute atomic E-state index is 12.7. The Morgan fingerprint density at radius 2 is 2.04 bits per heavy atom. The van der Waals surface area contributed by atoms with Crippen LogP contribution in [0.2, 0.25) is 0 Å². The van der Waals surface area contributed by atoms with Gasteiger partial charge in [0.1, 0.15) is 0 Å². The fourth-order valence-corrected chi connectivity index (χ4v) is 3.28. The Morgan fingerprint density at radius 3 is 2.58 bits per heavy atom. The highest BCUT2D eigenvalue weighted by Gasteiger charge is 2.30. The number of aromatic carboxylic acids is 1. The molecule has 1 heterocycles. The van der Waals surface area contributed by atoms with E-state index in [1.54, 1.807) is 0 Å². The molecule has 5 N–H and O–H groups in total. The lowest BCUT2D eigenvalue weighted by molar-refractivity contribution is 0.0208. The van der Waals surface area contributed by atoms with Gasteiger partial charge in [-0.1, -0.05) is 6.07 Å². The number of carboxylic acids is 1. The van der Waals surface area contributed by atoms with Crippen LogP contribution < -0.4 is 15.8 Å². The number of aryl methyl sites for hydroxylation is 1. The van der Waals surface area contributed by atoms with Crippen LogP contribution in [0.1, 0.15) is 33.2 Å². The number of benzene rings is 1. The van der Waals surface area contributed by atoms with Crippen LogP contribution in [0.5, 0.6) is 0 Å². The van der Waals surface area contributed by atoms with Gasteiger partial charge in [0.05, 0.1) is 22.4 Å². The van der Waals surface area contributed by atoms with Crippen LogP contribution in [0.25, 0.3) is 0 Å². The fourth-order valence-electron chi connectivity index (χ4n) is 2.27.